The maximum Gasteiger partial charge on any atom is 0.247 e. The molecule has 0 bridgehead atoms. The Bertz CT molecular complexity index is 2780. The zero-order valence-electron chi connectivity index (χ0n) is 36.9. The van der Waals surface area contributed by atoms with Crippen molar-refractivity contribution in [2.24, 2.45) is 0 Å². The first-order valence-corrected chi connectivity index (χ1v) is 23.1. The van der Waals surface area contributed by atoms with Gasteiger partial charge in [0, 0.05) is 65.3 Å². The second-order valence-electron chi connectivity index (χ2n) is 14.9. The number of hydrogen-bond donors (Lipinski definition) is 6. The number of carbonyl (C=O) groups is 2. The highest BCUT2D eigenvalue weighted by Gasteiger charge is 2.28. The number of carbonyl (C=O) groups excluding carboxylic acids is 2. The van der Waals surface area contributed by atoms with Gasteiger partial charge in [0.1, 0.15) is 33.8 Å². The second kappa shape index (κ2) is 23.9. The lowest BCUT2D eigenvalue weighted by Crippen LogP contribution is -2.08. The minimum Gasteiger partial charge on any atom is -0.493 e. The molecular formula is C48H51FN10O7S. The van der Waals surface area contributed by atoms with E-state index in [1.807, 2.05) is 54.7 Å². The minimum absolute atomic E-state index is 0.0493. The molecule has 348 valence electrons. The van der Waals surface area contributed by atoms with Gasteiger partial charge in [-0.15, -0.1) is 0 Å². The second-order valence-corrected chi connectivity index (χ2v) is 17.2. The van der Waals surface area contributed by atoms with Crippen LogP contribution in [0.1, 0.15) is 30.7 Å². The Kier molecular flexibility index (Phi) is 17.3. The van der Waals surface area contributed by atoms with E-state index in [2.05, 4.69) is 60.0 Å². The first-order chi connectivity index (χ1) is 32.4. The quantitative estimate of drug-likeness (QED) is 0.0276. The largest absolute Gasteiger partial charge is 0.493 e. The molecule has 0 spiro atoms. The lowest BCUT2D eigenvalue weighted by molar-refractivity contribution is -0.112. The van der Waals surface area contributed by atoms with E-state index in [4.69, 9.17) is 19.2 Å². The number of amides is 2. The van der Waals surface area contributed by atoms with Gasteiger partial charge in [0.2, 0.25) is 23.7 Å². The van der Waals surface area contributed by atoms with Gasteiger partial charge in [-0.25, -0.2) is 22.8 Å². The molecule has 1 fully saturated rings. The number of sulfone groups is 1. The number of anilines is 10. The summed E-state index contributed by atoms with van der Waals surface area (Å²) in [7, 11) is -1.39. The number of methoxy groups -OCH3 is 1. The molecule has 2 aromatic heterocycles. The molecule has 19 heteroatoms. The molecule has 7 rings (SSSR count). The van der Waals surface area contributed by atoms with Gasteiger partial charge in [0.15, 0.2) is 11.6 Å². The van der Waals surface area contributed by atoms with Crippen LogP contribution >= 0.6 is 0 Å². The van der Waals surface area contributed by atoms with Crippen LogP contribution in [0.4, 0.5) is 62.0 Å². The Morgan fingerprint density at radius 3 is 1.81 bits per heavy atom. The maximum absolute atomic E-state index is 14.3. The molecule has 0 unspecified atom stereocenters. The smallest absolute Gasteiger partial charge is 0.247 e. The van der Waals surface area contributed by atoms with Crippen molar-refractivity contribution >= 4 is 79.3 Å². The van der Waals surface area contributed by atoms with E-state index in [-0.39, 0.29) is 35.9 Å². The molecule has 2 amide bonds. The molecule has 1 aliphatic rings. The third-order valence-electron chi connectivity index (χ3n) is 9.42. The predicted octanol–water partition coefficient (Wildman–Crippen LogP) is 9.03. The van der Waals surface area contributed by atoms with Gasteiger partial charge in [-0.1, -0.05) is 31.4 Å². The van der Waals surface area contributed by atoms with Crippen LogP contribution in [0.25, 0.3) is 0 Å². The van der Waals surface area contributed by atoms with E-state index in [9.17, 15) is 22.4 Å². The van der Waals surface area contributed by atoms with Crippen LogP contribution in [-0.2, 0) is 24.2 Å². The number of ether oxygens (including phenoxy) is 3. The molecule has 6 aromatic rings. The number of aromatic nitrogens is 4. The Labute approximate surface area is 388 Å². The summed E-state index contributed by atoms with van der Waals surface area (Å²) in [4.78, 5) is 40.5. The van der Waals surface area contributed by atoms with Crippen LogP contribution in [0.15, 0.2) is 135 Å². The molecule has 17 nitrogen and oxygen atoms in total. The maximum atomic E-state index is 14.3. The molecule has 2 heterocycles. The van der Waals surface area contributed by atoms with Crippen molar-refractivity contribution < 1.29 is 36.6 Å². The van der Waals surface area contributed by atoms with Gasteiger partial charge in [-0.2, -0.15) is 9.97 Å². The highest BCUT2D eigenvalue weighted by atomic mass is 32.2. The summed E-state index contributed by atoms with van der Waals surface area (Å²) >= 11 is 0. The van der Waals surface area contributed by atoms with Crippen molar-refractivity contribution in [3.63, 3.8) is 0 Å². The van der Waals surface area contributed by atoms with Gasteiger partial charge < -0.3 is 46.1 Å². The summed E-state index contributed by atoms with van der Waals surface area (Å²) in [5.74, 6) is 1.88. The van der Waals surface area contributed by atoms with E-state index in [1.165, 1.54) is 12.3 Å². The Morgan fingerprint density at radius 1 is 0.672 bits per heavy atom. The van der Waals surface area contributed by atoms with E-state index in [1.54, 1.807) is 55.6 Å². The normalized spacial score (nSPS) is 11.7. The van der Waals surface area contributed by atoms with E-state index < -0.39 is 15.7 Å². The van der Waals surface area contributed by atoms with Crippen LogP contribution in [0, 0.1) is 5.82 Å². The van der Waals surface area contributed by atoms with Gasteiger partial charge in [-0.05, 0) is 110 Å². The fourth-order valence-corrected chi connectivity index (χ4v) is 6.72. The first-order valence-electron chi connectivity index (χ1n) is 21.0. The van der Waals surface area contributed by atoms with Crippen LogP contribution in [-0.4, -0.2) is 79.1 Å². The predicted molar refractivity (Wildman–Crippen MR) is 260 cm³/mol. The molecule has 1 saturated carbocycles. The topological polar surface area (TPSA) is 220 Å². The van der Waals surface area contributed by atoms with Crippen molar-refractivity contribution in [1.29, 1.82) is 0 Å². The monoisotopic (exact) mass is 930 g/mol. The average Bonchev–Trinajstić information content (AvgIpc) is 4.16. The van der Waals surface area contributed by atoms with Crippen molar-refractivity contribution in [3.8, 4) is 11.5 Å². The molecule has 6 N–H and O–H groups in total. The van der Waals surface area contributed by atoms with Crippen LogP contribution in [0.2, 0.25) is 0 Å². The molecule has 0 saturated heterocycles. The van der Waals surface area contributed by atoms with Gasteiger partial charge in [0.05, 0.1) is 25.2 Å². The summed E-state index contributed by atoms with van der Waals surface area (Å²) in [6.07, 6.45) is 9.12. The van der Waals surface area contributed by atoms with E-state index in [0.29, 0.717) is 60.0 Å². The molecule has 4 aromatic carbocycles. The number of halogens is 1. The SMILES string of the molecule is C=CC(=O)Nc1cccc(Nc2nc(Nc3ccc(OCCOC)cc3)ncc2C2CC2)c1.C=CC(=O)Nc1cccc(Nc2nc(Nc3cccc(OCCCS(C)(=O)=O)c3)ncc2F)c1. The summed E-state index contributed by atoms with van der Waals surface area (Å²) in [6.45, 7) is 8.19. The summed E-state index contributed by atoms with van der Waals surface area (Å²) in [5.41, 5.74) is 5.06. The summed E-state index contributed by atoms with van der Waals surface area (Å²) in [6, 6.07) is 28.7. The Morgan fingerprint density at radius 2 is 1.21 bits per heavy atom. The summed E-state index contributed by atoms with van der Waals surface area (Å²) in [5, 5.41) is 17.9. The molecule has 0 radical (unpaired) electrons. The standard InChI is InChI=1S/C25H27N5O3.C23H24FN5O4S/c1-3-23(31)27-19-5-4-6-20(15-19)28-24-22(17-7-8-17)16-26-25(30-24)29-18-9-11-21(12-10-18)33-14-13-32-2;1-3-21(30)26-16-7-4-8-17(13-16)27-22-20(24)15-25-23(29-22)28-18-9-5-10-19(14-18)33-11-6-12-34(2,31)32/h3-6,9-12,15-17H,1,7-8,13-14H2,2H3,(H,27,31)(H2,26,28,29,30);3-5,7-10,13-15H,1,6,11-12H2,2H3,(H,26,30)(H2,25,27,28,29). The lowest BCUT2D eigenvalue weighted by Gasteiger charge is -2.14. The van der Waals surface area contributed by atoms with Crippen molar-refractivity contribution in [2.45, 2.75) is 25.2 Å². The molecule has 0 atom stereocenters. The highest BCUT2D eigenvalue weighted by Crippen LogP contribution is 2.43. The van der Waals surface area contributed by atoms with Gasteiger partial charge in [-0.3, -0.25) is 9.59 Å². The zero-order valence-corrected chi connectivity index (χ0v) is 37.7. The number of benzene rings is 4. The zero-order chi connectivity index (χ0) is 47.6. The van der Waals surface area contributed by atoms with E-state index in [0.717, 1.165) is 53.6 Å². The molecule has 67 heavy (non-hydrogen) atoms. The number of nitrogens with one attached hydrogen (secondary N) is 6. The third-order valence-corrected chi connectivity index (χ3v) is 10.5. The van der Waals surface area contributed by atoms with Crippen molar-refractivity contribution in [1.82, 2.24) is 19.9 Å². The number of nitrogens with zero attached hydrogens (tertiary/aromatic N) is 4. The summed E-state index contributed by atoms with van der Waals surface area (Å²) < 4.78 is 52.9. The molecular weight excluding hydrogens is 880 g/mol. The van der Waals surface area contributed by atoms with Gasteiger partial charge in [0.25, 0.3) is 0 Å². The first kappa shape index (κ1) is 48.6. The van der Waals surface area contributed by atoms with E-state index >= 15 is 0 Å². The Hall–Kier alpha value is -7.90. The molecule has 1 aliphatic carbocycles. The Balaban J connectivity index is 0.000000221. The van der Waals surface area contributed by atoms with Crippen molar-refractivity contribution in [2.75, 3.05) is 70.8 Å². The minimum atomic E-state index is -3.03. The fourth-order valence-electron chi connectivity index (χ4n) is 6.08. The average molecular weight is 931 g/mol. The van der Waals surface area contributed by atoms with Crippen LogP contribution < -0.4 is 41.4 Å². The van der Waals surface area contributed by atoms with Crippen LogP contribution in [0.3, 0.4) is 0 Å². The molecule has 0 aliphatic heterocycles. The fraction of sp³-hybridized carbons (Fsp3) is 0.208. The number of hydrogen-bond acceptors (Lipinski definition) is 15. The highest BCUT2D eigenvalue weighted by molar-refractivity contribution is 7.90. The number of rotatable bonds is 22. The third kappa shape index (κ3) is 16.2. The lowest BCUT2D eigenvalue weighted by atomic mass is 10.2. The van der Waals surface area contributed by atoms with Crippen LogP contribution in [0.5, 0.6) is 11.5 Å². The van der Waals surface area contributed by atoms with Crippen molar-refractivity contribution in [3.05, 3.63) is 146 Å². The van der Waals surface area contributed by atoms with Gasteiger partial charge >= 0.3 is 0 Å².